The first kappa shape index (κ1) is 29.2. The van der Waals surface area contributed by atoms with Gasteiger partial charge in [-0.2, -0.15) is 0 Å². The maximum atomic E-state index is 14.6. The van der Waals surface area contributed by atoms with Crippen molar-refractivity contribution in [1.29, 1.82) is 0 Å². The molecule has 3 heterocycles. The summed E-state index contributed by atoms with van der Waals surface area (Å²) < 4.78 is 4.70. The normalized spacial score (nSPS) is 28.8. The lowest BCUT2D eigenvalue weighted by molar-refractivity contribution is -0.153. The number of fused-ring (bicyclic) bond motifs is 1. The van der Waals surface area contributed by atoms with Crippen LogP contribution in [0, 0.1) is 17.8 Å². The number of aliphatic hydroxyl groups excluding tert-OH is 1. The van der Waals surface area contributed by atoms with Crippen molar-refractivity contribution in [2.75, 3.05) is 49.2 Å². The molecule has 1 N–H and O–H groups in total. The molecule has 3 saturated heterocycles. The van der Waals surface area contributed by atoms with Gasteiger partial charge in [0.25, 0.3) is 5.91 Å². The van der Waals surface area contributed by atoms with Gasteiger partial charge in [-0.1, -0.05) is 25.7 Å². The molecule has 8 nitrogen and oxygen atoms in total. The number of rotatable bonds is 13. The van der Waals surface area contributed by atoms with Gasteiger partial charge in [0, 0.05) is 49.4 Å². The first-order valence-corrected chi connectivity index (χ1v) is 14.8. The number of carbonyl (C=O) groups excluding carboxylic acids is 3. The van der Waals surface area contributed by atoms with Crippen LogP contribution in [0.25, 0.3) is 0 Å². The Bertz CT molecular complexity index is 1090. The van der Waals surface area contributed by atoms with Crippen LogP contribution in [-0.4, -0.2) is 83.2 Å². The Morgan fingerprint density at radius 3 is 2.44 bits per heavy atom. The zero-order chi connectivity index (χ0) is 28.3. The van der Waals surface area contributed by atoms with Crippen molar-refractivity contribution >= 4 is 40.9 Å². The lowest BCUT2D eigenvalue weighted by Crippen LogP contribution is -2.57. The van der Waals surface area contributed by atoms with E-state index >= 15 is 0 Å². The monoisotopic (exact) mass is 555 g/mol. The minimum atomic E-state index is -0.758. The van der Waals surface area contributed by atoms with Gasteiger partial charge in [0.1, 0.15) is 12.6 Å². The Morgan fingerprint density at radius 2 is 1.85 bits per heavy atom. The first-order chi connectivity index (χ1) is 18.8. The summed E-state index contributed by atoms with van der Waals surface area (Å²) in [5.74, 6) is -1.97. The third-order valence-corrected chi connectivity index (χ3v) is 10.6. The number of ether oxygens (including phenoxy) is 1. The van der Waals surface area contributed by atoms with Crippen molar-refractivity contribution in [2.45, 2.75) is 49.7 Å². The van der Waals surface area contributed by atoms with E-state index in [-0.39, 0.29) is 49.3 Å². The van der Waals surface area contributed by atoms with Crippen LogP contribution < -0.4 is 9.80 Å². The van der Waals surface area contributed by atoms with E-state index in [0.717, 1.165) is 30.9 Å². The summed E-state index contributed by atoms with van der Waals surface area (Å²) in [6.07, 6.45) is 4.30. The van der Waals surface area contributed by atoms with Crippen LogP contribution in [0.15, 0.2) is 49.6 Å². The number of thioether (sulfide) groups is 1. The van der Waals surface area contributed by atoms with Gasteiger partial charge >= 0.3 is 5.97 Å². The number of amides is 2. The maximum absolute atomic E-state index is 14.6. The van der Waals surface area contributed by atoms with Gasteiger partial charge in [0.15, 0.2) is 0 Å². The van der Waals surface area contributed by atoms with Crippen LogP contribution in [0.1, 0.15) is 33.6 Å². The van der Waals surface area contributed by atoms with Gasteiger partial charge in [0.2, 0.25) is 5.91 Å². The number of nitrogens with zero attached hydrogens (tertiary/aromatic N) is 3. The highest BCUT2D eigenvalue weighted by Gasteiger charge is 2.76. The molecular formula is C30H41N3O5S. The molecule has 212 valence electrons. The molecule has 3 fully saturated rings. The average Bonchev–Trinajstić information content (AvgIpc) is 3.53. The molecule has 3 aliphatic heterocycles. The van der Waals surface area contributed by atoms with E-state index in [1.165, 1.54) is 6.08 Å². The third-order valence-electron chi connectivity index (χ3n) is 8.52. The molecule has 0 radical (unpaired) electrons. The smallest absolute Gasteiger partial charge is 0.311 e. The first-order valence-electron chi connectivity index (χ1n) is 13.9. The topological polar surface area (TPSA) is 90.4 Å². The van der Waals surface area contributed by atoms with Crippen molar-refractivity contribution < 1.29 is 24.2 Å². The lowest BCUT2D eigenvalue weighted by Gasteiger charge is -2.40. The van der Waals surface area contributed by atoms with Crippen LogP contribution in [0.3, 0.4) is 0 Å². The molecule has 1 aromatic rings. The number of aliphatic hydroxyl groups is 1. The average molecular weight is 556 g/mol. The second-order valence-corrected chi connectivity index (χ2v) is 12.1. The fraction of sp³-hybridized carbons (Fsp3) is 0.567. The second-order valence-electron chi connectivity index (χ2n) is 10.5. The molecule has 2 amide bonds. The Morgan fingerprint density at radius 1 is 1.18 bits per heavy atom. The SMILES string of the molecule is C=CCOC(=O)[C@@H]1[C@@H]2CC(C)C3(S2)C(C(=O)N(CC=C)c2ccc(N(CC)CC)cc2)N(CCCO)C(=O)[C@H]13. The van der Waals surface area contributed by atoms with Crippen molar-refractivity contribution in [3.05, 3.63) is 49.6 Å². The number of likely N-dealkylation sites (tertiary alicyclic amines) is 1. The summed E-state index contributed by atoms with van der Waals surface area (Å²) in [7, 11) is 0. The molecular weight excluding hydrogens is 514 g/mol. The van der Waals surface area contributed by atoms with Crippen LogP contribution in [0.5, 0.6) is 0 Å². The van der Waals surface area contributed by atoms with E-state index in [1.807, 2.05) is 24.3 Å². The molecule has 2 bridgehead atoms. The van der Waals surface area contributed by atoms with Gasteiger partial charge in [0.05, 0.1) is 16.6 Å². The quantitative estimate of drug-likeness (QED) is 0.294. The highest BCUT2D eigenvalue weighted by molar-refractivity contribution is 8.02. The zero-order valence-electron chi connectivity index (χ0n) is 23.3. The van der Waals surface area contributed by atoms with E-state index in [9.17, 15) is 19.5 Å². The summed E-state index contributed by atoms with van der Waals surface area (Å²) in [4.78, 5) is 47.3. The molecule has 1 aromatic carbocycles. The Kier molecular flexibility index (Phi) is 9.11. The highest BCUT2D eigenvalue weighted by Crippen LogP contribution is 2.68. The molecule has 3 unspecified atom stereocenters. The number of benzene rings is 1. The summed E-state index contributed by atoms with van der Waals surface area (Å²) in [5, 5.41) is 9.52. The number of hydrogen-bond donors (Lipinski definition) is 1. The lowest BCUT2D eigenvalue weighted by atomic mass is 9.66. The number of esters is 1. The molecule has 0 saturated carbocycles. The molecule has 4 rings (SSSR count). The molecule has 6 atom stereocenters. The minimum Gasteiger partial charge on any atom is -0.461 e. The molecule has 3 aliphatic rings. The fourth-order valence-electron chi connectivity index (χ4n) is 6.82. The van der Waals surface area contributed by atoms with Crippen molar-refractivity contribution in [1.82, 2.24) is 4.90 Å². The van der Waals surface area contributed by atoms with Crippen LogP contribution >= 0.6 is 11.8 Å². The van der Waals surface area contributed by atoms with E-state index < -0.39 is 28.6 Å². The van der Waals surface area contributed by atoms with Crippen LogP contribution in [0.2, 0.25) is 0 Å². The highest BCUT2D eigenvalue weighted by atomic mass is 32.2. The fourth-order valence-corrected chi connectivity index (χ4v) is 9.22. The third kappa shape index (κ3) is 4.88. The molecule has 9 heteroatoms. The molecule has 0 aliphatic carbocycles. The second kappa shape index (κ2) is 12.2. The Labute approximate surface area is 236 Å². The van der Waals surface area contributed by atoms with Gasteiger partial charge in [-0.15, -0.1) is 18.3 Å². The summed E-state index contributed by atoms with van der Waals surface area (Å²) in [6, 6.07) is 7.15. The van der Waals surface area contributed by atoms with Gasteiger partial charge in [-0.3, -0.25) is 14.4 Å². The van der Waals surface area contributed by atoms with E-state index in [0.29, 0.717) is 6.42 Å². The minimum absolute atomic E-state index is 0.0496. The van der Waals surface area contributed by atoms with E-state index in [4.69, 9.17) is 4.74 Å². The van der Waals surface area contributed by atoms with Gasteiger partial charge in [-0.05, 0) is 56.9 Å². The number of hydrogen-bond acceptors (Lipinski definition) is 7. The predicted molar refractivity (Wildman–Crippen MR) is 156 cm³/mol. The largest absolute Gasteiger partial charge is 0.461 e. The number of anilines is 2. The standard InChI is InChI=1S/C30H41N3O5S/c1-6-15-32(22-13-11-21(12-14-22)31(8-3)9-4)28(36)26-30-20(5)19-23(39-30)24(29(37)38-18-7-2)25(30)27(35)33(26)16-10-17-34/h6-7,11-14,20,23-26,34H,1-2,8-10,15-19H2,3-5H3/t20?,23-,24+,25-,26?,30?/m0/s1. The van der Waals surface area contributed by atoms with Crippen LogP contribution in [-0.2, 0) is 19.1 Å². The zero-order valence-corrected chi connectivity index (χ0v) is 24.1. The summed E-state index contributed by atoms with van der Waals surface area (Å²) in [6.45, 7) is 16.1. The van der Waals surface area contributed by atoms with E-state index in [2.05, 4.69) is 38.8 Å². The van der Waals surface area contributed by atoms with Gasteiger partial charge < -0.3 is 24.5 Å². The maximum Gasteiger partial charge on any atom is 0.311 e. The summed E-state index contributed by atoms with van der Waals surface area (Å²) >= 11 is 1.62. The number of carbonyl (C=O) groups is 3. The van der Waals surface area contributed by atoms with Gasteiger partial charge in [-0.25, -0.2) is 0 Å². The Balaban J connectivity index is 1.74. The molecule has 39 heavy (non-hydrogen) atoms. The van der Waals surface area contributed by atoms with Crippen LogP contribution in [0.4, 0.5) is 11.4 Å². The predicted octanol–water partition coefficient (Wildman–Crippen LogP) is 3.50. The summed E-state index contributed by atoms with van der Waals surface area (Å²) in [5.41, 5.74) is 1.81. The molecule has 0 aromatic heterocycles. The van der Waals surface area contributed by atoms with Crippen molar-refractivity contribution in [3.63, 3.8) is 0 Å². The molecule has 1 spiro atoms. The van der Waals surface area contributed by atoms with E-state index in [1.54, 1.807) is 27.6 Å². The Hall–Kier alpha value is -2.78. The van der Waals surface area contributed by atoms with Crippen molar-refractivity contribution in [2.24, 2.45) is 17.8 Å². The van der Waals surface area contributed by atoms with Crippen molar-refractivity contribution in [3.8, 4) is 0 Å².